The van der Waals surface area contributed by atoms with Gasteiger partial charge in [0.05, 0.1) is 26.9 Å². The zero-order valence-corrected chi connectivity index (χ0v) is 28.7. The molecule has 0 amide bonds. The molecule has 0 aliphatic heterocycles. The summed E-state index contributed by atoms with van der Waals surface area (Å²) in [5, 5.41) is 13.4. The molecule has 8 aromatic carbocycles. The van der Waals surface area contributed by atoms with Crippen molar-refractivity contribution in [3.8, 4) is 22.4 Å². The number of thiophene rings is 1. The van der Waals surface area contributed by atoms with E-state index in [-0.39, 0.29) is 0 Å². The highest BCUT2D eigenvalue weighted by Gasteiger charge is 2.20. The lowest BCUT2D eigenvalue weighted by atomic mass is 9.95. The highest BCUT2D eigenvalue weighted by Crippen LogP contribution is 2.43. The van der Waals surface area contributed by atoms with Crippen LogP contribution in [0, 0.1) is 0 Å². The number of rotatable bonds is 2. The van der Waals surface area contributed by atoms with Gasteiger partial charge in [-0.1, -0.05) is 115 Å². The van der Waals surface area contributed by atoms with E-state index in [0.717, 1.165) is 38.8 Å². The van der Waals surface area contributed by atoms with Crippen molar-refractivity contribution in [2.24, 2.45) is 0 Å². The van der Waals surface area contributed by atoms with Gasteiger partial charge in [-0.05, 0) is 91.5 Å². The van der Waals surface area contributed by atoms with Crippen molar-refractivity contribution in [2.75, 3.05) is 0 Å². The monoisotopic (exact) mass is 677 g/mol. The van der Waals surface area contributed by atoms with Crippen molar-refractivity contribution in [2.45, 2.75) is 0 Å². The van der Waals surface area contributed by atoms with Gasteiger partial charge in [0.2, 0.25) is 0 Å². The first-order valence-corrected chi connectivity index (χ1v) is 18.5. The molecule has 12 aromatic rings. The maximum absolute atomic E-state index is 5.52. The molecule has 0 fully saturated rings. The van der Waals surface area contributed by atoms with Gasteiger partial charge in [0.1, 0.15) is 0 Å². The molecule has 0 spiro atoms. The van der Waals surface area contributed by atoms with Crippen LogP contribution in [0.15, 0.2) is 164 Å². The Balaban J connectivity index is 1.13. The third-order valence-electron chi connectivity index (χ3n) is 10.9. The Morgan fingerprint density at radius 1 is 0.442 bits per heavy atom. The summed E-state index contributed by atoms with van der Waals surface area (Å²) in [5.74, 6) is 0. The van der Waals surface area contributed by atoms with E-state index in [1.165, 1.54) is 74.4 Å². The smallest absolute Gasteiger partial charge is 0.156 e. The van der Waals surface area contributed by atoms with Crippen molar-refractivity contribution in [1.29, 1.82) is 0 Å². The highest BCUT2D eigenvalue weighted by molar-refractivity contribution is 7.26. The average molecular weight is 678 g/mol. The molecular weight excluding hydrogens is 651 g/mol. The van der Waals surface area contributed by atoms with Crippen molar-refractivity contribution in [3.05, 3.63) is 164 Å². The maximum Gasteiger partial charge on any atom is 0.156 e. The van der Waals surface area contributed by atoms with Crippen LogP contribution in [-0.2, 0) is 0 Å². The predicted octanol–water partition coefficient (Wildman–Crippen LogP) is 13.4. The van der Waals surface area contributed by atoms with Gasteiger partial charge in [-0.3, -0.25) is 9.38 Å². The summed E-state index contributed by atoms with van der Waals surface area (Å²) in [4.78, 5) is 10.3. The summed E-state index contributed by atoms with van der Waals surface area (Å²) in [6.45, 7) is 0. The molecule has 3 nitrogen and oxygen atoms in total. The third kappa shape index (κ3) is 3.95. The second-order valence-corrected chi connectivity index (χ2v) is 14.9. The minimum atomic E-state index is 1.01. The Hall–Kier alpha value is -6.62. The minimum Gasteiger partial charge on any atom is -0.291 e. The molecule has 0 saturated carbocycles. The largest absolute Gasteiger partial charge is 0.291 e. The number of benzene rings is 8. The van der Waals surface area contributed by atoms with Gasteiger partial charge in [-0.2, -0.15) is 0 Å². The molecule has 12 rings (SSSR count). The topological polar surface area (TPSA) is 30.2 Å². The van der Waals surface area contributed by atoms with Crippen LogP contribution in [-0.4, -0.2) is 14.4 Å². The second-order valence-electron chi connectivity index (χ2n) is 13.8. The second kappa shape index (κ2) is 10.5. The third-order valence-corrected chi connectivity index (χ3v) is 12.1. The van der Waals surface area contributed by atoms with Crippen LogP contribution in [0.3, 0.4) is 0 Å². The highest BCUT2D eigenvalue weighted by atomic mass is 32.1. The first-order valence-electron chi connectivity index (χ1n) is 17.6. The number of imidazole rings is 1. The van der Waals surface area contributed by atoms with Gasteiger partial charge < -0.3 is 0 Å². The average Bonchev–Trinajstić information content (AvgIpc) is 3.77. The Morgan fingerprint density at radius 3 is 1.98 bits per heavy atom. The number of aromatic nitrogens is 3. The van der Waals surface area contributed by atoms with E-state index in [1.807, 2.05) is 23.6 Å². The number of hydrogen-bond donors (Lipinski definition) is 0. The first-order chi connectivity index (χ1) is 25.7. The first kappa shape index (κ1) is 28.1. The maximum atomic E-state index is 5.52. The molecule has 0 saturated heterocycles. The summed E-state index contributed by atoms with van der Waals surface area (Å²) in [7, 11) is 0. The standard InChI is InChI=1S/C48H27N3S/c1-2-8-32-24-39-35(23-31(32)7-1)19-21-42-46(39)50-48-47-41(40-25-33-9-3-4-10-34(33)26-44(40)52-47)27-43(51(42)48)29-16-14-28(15-17-29)36-12-5-13-38-37(36)20-18-30-11-6-22-49-45(30)38/h1-27H. The molecule has 0 atom stereocenters. The molecule has 0 aliphatic rings. The normalized spacial score (nSPS) is 12.2. The lowest BCUT2D eigenvalue weighted by Crippen LogP contribution is -1.93. The van der Waals surface area contributed by atoms with Crippen LogP contribution in [0.2, 0.25) is 0 Å². The van der Waals surface area contributed by atoms with Gasteiger partial charge >= 0.3 is 0 Å². The van der Waals surface area contributed by atoms with Gasteiger partial charge in [0.25, 0.3) is 0 Å². The van der Waals surface area contributed by atoms with E-state index >= 15 is 0 Å². The van der Waals surface area contributed by atoms with E-state index < -0.39 is 0 Å². The quantitative estimate of drug-likeness (QED) is 0.135. The van der Waals surface area contributed by atoms with E-state index in [2.05, 4.69) is 156 Å². The molecule has 4 aromatic heterocycles. The van der Waals surface area contributed by atoms with Crippen LogP contribution in [0.4, 0.5) is 0 Å². The Morgan fingerprint density at radius 2 is 1.15 bits per heavy atom. The Labute approximate surface area is 301 Å². The molecule has 52 heavy (non-hydrogen) atoms. The van der Waals surface area contributed by atoms with Crippen LogP contribution in [0.25, 0.3) is 113 Å². The van der Waals surface area contributed by atoms with Crippen LogP contribution in [0.5, 0.6) is 0 Å². The van der Waals surface area contributed by atoms with Gasteiger partial charge in [-0.15, -0.1) is 11.3 Å². The van der Waals surface area contributed by atoms with Gasteiger partial charge in [-0.25, -0.2) is 4.98 Å². The lowest BCUT2D eigenvalue weighted by Gasteiger charge is -2.12. The molecular formula is C48H27N3S. The molecule has 4 heterocycles. The summed E-state index contributed by atoms with van der Waals surface area (Å²) in [6, 6.07) is 57.6. The fourth-order valence-corrected chi connectivity index (χ4v) is 9.64. The van der Waals surface area contributed by atoms with E-state index in [4.69, 9.17) is 9.97 Å². The molecule has 0 unspecified atom stereocenters. The van der Waals surface area contributed by atoms with Crippen molar-refractivity contribution in [3.63, 3.8) is 0 Å². The predicted molar refractivity (Wildman–Crippen MR) is 222 cm³/mol. The van der Waals surface area contributed by atoms with E-state index in [0.29, 0.717) is 0 Å². The number of nitrogens with zero attached hydrogens (tertiary/aromatic N) is 3. The van der Waals surface area contributed by atoms with E-state index in [9.17, 15) is 0 Å². The van der Waals surface area contributed by atoms with Crippen molar-refractivity contribution >= 4 is 102 Å². The van der Waals surface area contributed by atoms with Crippen LogP contribution < -0.4 is 0 Å². The molecule has 0 bridgehead atoms. The van der Waals surface area contributed by atoms with Crippen LogP contribution in [0.1, 0.15) is 0 Å². The fraction of sp³-hybridized carbons (Fsp3) is 0. The molecule has 0 radical (unpaired) electrons. The summed E-state index contributed by atoms with van der Waals surface area (Å²) < 4.78 is 4.89. The fourth-order valence-electron chi connectivity index (χ4n) is 8.45. The molecule has 0 N–H and O–H groups in total. The van der Waals surface area contributed by atoms with Gasteiger partial charge in [0.15, 0.2) is 5.65 Å². The molecule has 0 aliphatic carbocycles. The lowest BCUT2D eigenvalue weighted by molar-refractivity contribution is 1.25. The number of fused-ring (bicyclic) bond motifs is 14. The summed E-state index contributed by atoms with van der Waals surface area (Å²) in [6.07, 6.45) is 1.88. The molecule has 240 valence electrons. The van der Waals surface area contributed by atoms with E-state index in [1.54, 1.807) is 0 Å². The number of pyridine rings is 2. The SMILES string of the molecule is c1ccc2cc3c(ccc4c3nc3c5sc6cc7ccccc7cc6c5cc(-c5ccc(-c6cccc7c6ccc6cccnc67)cc5)n43)cc2c1. The summed E-state index contributed by atoms with van der Waals surface area (Å²) in [5.41, 5.74) is 8.88. The Kier molecular flexibility index (Phi) is 5.65. The minimum absolute atomic E-state index is 1.01. The zero-order valence-electron chi connectivity index (χ0n) is 27.8. The van der Waals surface area contributed by atoms with Crippen molar-refractivity contribution in [1.82, 2.24) is 14.4 Å². The van der Waals surface area contributed by atoms with Gasteiger partial charge in [0, 0.05) is 37.8 Å². The van der Waals surface area contributed by atoms with Crippen molar-refractivity contribution < 1.29 is 0 Å². The zero-order chi connectivity index (χ0) is 33.9. The van der Waals surface area contributed by atoms with Crippen LogP contribution >= 0.6 is 11.3 Å². The number of hydrogen-bond acceptors (Lipinski definition) is 3. The molecule has 4 heteroatoms. The Bertz CT molecular complexity index is 3460. The summed E-state index contributed by atoms with van der Waals surface area (Å²) >= 11 is 1.85.